The Hall–Kier alpha value is -2.67. The molecule has 2 N–H and O–H groups in total. The molecular weight excluding hydrogens is 433 g/mol. The van der Waals surface area contributed by atoms with Crippen molar-refractivity contribution in [1.29, 1.82) is 0 Å². The van der Waals surface area contributed by atoms with E-state index < -0.39 is 11.2 Å². The van der Waals surface area contributed by atoms with Crippen molar-refractivity contribution < 1.29 is 18.7 Å². The highest BCUT2D eigenvalue weighted by molar-refractivity contribution is 6.30. The van der Waals surface area contributed by atoms with Crippen LogP contribution in [0, 0.1) is 17.2 Å². The lowest BCUT2D eigenvalue weighted by atomic mass is 9.52. The van der Waals surface area contributed by atoms with Crippen LogP contribution in [-0.2, 0) is 16.1 Å². The van der Waals surface area contributed by atoms with Gasteiger partial charge in [0.25, 0.3) is 5.91 Å². The number of aromatic nitrogens is 1. The number of carbonyl (C=O) groups is 2. The molecule has 3 saturated carbocycles. The van der Waals surface area contributed by atoms with Crippen LogP contribution in [0.25, 0.3) is 0 Å². The maximum Gasteiger partial charge on any atom is 0.258 e. The second kappa shape index (κ2) is 9.06. The lowest BCUT2D eigenvalue weighted by Crippen LogP contribution is -2.63. The van der Waals surface area contributed by atoms with Gasteiger partial charge in [0.1, 0.15) is 11.6 Å². The number of rotatable bonds is 7. The molecular formula is C24H27ClFN3O3. The average Bonchev–Trinajstić information content (AvgIpc) is 2.79. The zero-order valence-corrected chi connectivity index (χ0v) is 18.8. The number of halogens is 2. The summed E-state index contributed by atoms with van der Waals surface area (Å²) >= 11 is 5.67. The number of carbonyl (C=O) groups excluding carboxylic acids is 2. The van der Waals surface area contributed by atoms with E-state index >= 15 is 0 Å². The van der Waals surface area contributed by atoms with Gasteiger partial charge in [0.15, 0.2) is 6.61 Å². The van der Waals surface area contributed by atoms with Crippen LogP contribution >= 0.6 is 11.6 Å². The van der Waals surface area contributed by atoms with Gasteiger partial charge >= 0.3 is 0 Å². The minimum Gasteiger partial charge on any atom is -0.484 e. The molecule has 2 amide bonds. The number of pyridine rings is 1. The van der Waals surface area contributed by atoms with Crippen molar-refractivity contribution in [3.8, 4) is 5.75 Å². The van der Waals surface area contributed by atoms with Crippen molar-refractivity contribution in [2.75, 3.05) is 6.61 Å². The van der Waals surface area contributed by atoms with E-state index in [1.54, 1.807) is 6.20 Å². The third kappa shape index (κ3) is 4.58. The first-order chi connectivity index (χ1) is 15.3. The average molecular weight is 460 g/mol. The first-order valence-corrected chi connectivity index (χ1v) is 11.3. The van der Waals surface area contributed by atoms with Gasteiger partial charge in [0.2, 0.25) is 5.91 Å². The third-order valence-corrected chi connectivity index (χ3v) is 7.32. The van der Waals surface area contributed by atoms with Crippen molar-refractivity contribution in [2.45, 2.75) is 51.1 Å². The van der Waals surface area contributed by atoms with Gasteiger partial charge in [-0.25, -0.2) is 4.39 Å². The Bertz CT molecular complexity index is 993. The molecule has 3 aliphatic carbocycles. The summed E-state index contributed by atoms with van der Waals surface area (Å²) in [4.78, 5) is 29.9. The summed E-state index contributed by atoms with van der Waals surface area (Å²) in [5.41, 5.74) is 0.103. The highest BCUT2D eigenvalue weighted by atomic mass is 35.5. The Morgan fingerprint density at radius 2 is 2.00 bits per heavy atom. The summed E-state index contributed by atoms with van der Waals surface area (Å²) in [6.45, 7) is 2.30. The van der Waals surface area contributed by atoms with E-state index in [1.807, 2.05) is 18.2 Å². The Labute approximate surface area is 191 Å². The van der Waals surface area contributed by atoms with Crippen LogP contribution in [-0.4, -0.2) is 28.9 Å². The summed E-state index contributed by atoms with van der Waals surface area (Å²) in [6, 6.07) is 9.73. The van der Waals surface area contributed by atoms with Gasteiger partial charge in [-0.1, -0.05) is 24.6 Å². The molecule has 5 rings (SSSR count). The van der Waals surface area contributed by atoms with E-state index in [0.717, 1.165) is 43.9 Å². The molecule has 8 heteroatoms. The van der Waals surface area contributed by atoms with Gasteiger partial charge in [-0.2, -0.15) is 0 Å². The number of nitrogens with zero attached hydrogens (tertiary/aromatic N) is 1. The van der Waals surface area contributed by atoms with Crippen molar-refractivity contribution in [3.63, 3.8) is 0 Å². The van der Waals surface area contributed by atoms with Crippen LogP contribution in [0.15, 0.2) is 42.6 Å². The van der Waals surface area contributed by atoms with E-state index in [0.29, 0.717) is 6.54 Å². The fraction of sp³-hybridized carbons (Fsp3) is 0.458. The highest BCUT2D eigenvalue weighted by Gasteiger charge is 2.56. The van der Waals surface area contributed by atoms with Gasteiger partial charge in [-0.15, -0.1) is 0 Å². The van der Waals surface area contributed by atoms with Crippen molar-refractivity contribution in [3.05, 3.63) is 59.1 Å². The Balaban J connectivity index is 1.32. The molecule has 0 spiro atoms. The molecule has 3 fully saturated rings. The van der Waals surface area contributed by atoms with Crippen molar-refractivity contribution in [2.24, 2.45) is 11.3 Å². The standard InChI is InChI=1S/C24H27ClFN3O3/c1-16-13-23(29-21(30)15-32-18-5-6-19(25)20(26)12-18)7-9-24(16,10-8-23)22(31)28-14-17-4-2-3-11-27-17/h2-6,11-12,16H,7-10,13-15H2,1H3,(H,28,31)(H,29,30). The molecule has 32 heavy (non-hydrogen) atoms. The van der Waals surface area contributed by atoms with Gasteiger partial charge in [0, 0.05) is 17.8 Å². The number of fused-ring (bicyclic) bond motifs is 3. The third-order valence-electron chi connectivity index (χ3n) is 7.01. The van der Waals surface area contributed by atoms with Crippen molar-refractivity contribution >= 4 is 23.4 Å². The fourth-order valence-corrected chi connectivity index (χ4v) is 5.29. The van der Waals surface area contributed by atoms with Gasteiger partial charge in [-0.3, -0.25) is 14.6 Å². The quantitative estimate of drug-likeness (QED) is 0.655. The molecule has 170 valence electrons. The van der Waals surface area contributed by atoms with Gasteiger partial charge < -0.3 is 15.4 Å². The predicted octanol–water partition coefficient (Wildman–Crippen LogP) is 4.02. The topological polar surface area (TPSA) is 80.3 Å². The normalized spacial score (nSPS) is 26.4. The molecule has 3 aliphatic rings. The minimum absolute atomic E-state index is 0.00615. The van der Waals surface area contributed by atoms with Crippen LogP contribution in [0.3, 0.4) is 0 Å². The number of hydrogen-bond donors (Lipinski definition) is 2. The minimum atomic E-state index is -0.589. The molecule has 1 aromatic heterocycles. The SMILES string of the molecule is CC1CC2(NC(=O)COc3ccc(Cl)c(F)c3)CCC1(C(=O)NCc1ccccn1)CC2. The Morgan fingerprint density at radius 3 is 2.66 bits per heavy atom. The highest BCUT2D eigenvalue weighted by Crippen LogP contribution is 2.55. The number of amides is 2. The lowest BCUT2D eigenvalue weighted by Gasteiger charge is -2.56. The largest absolute Gasteiger partial charge is 0.484 e. The van der Waals surface area contributed by atoms with Crippen LogP contribution in [0.2, 0.25) is 5.02 Å². The van der Waals surface area contributed by atoms with E-state index in [1.165, 1.54) is 12.1 Å². The monoisotopic (exact) mass is 459 g/mol. The van der Waals surface area contributed by atoms with Crippen LogP contribution < -0.4 is 15.4 Å². The molecule has 6 nitrogen and oxygen atoms in total. The molecule has 1 atom stereocenters. The number of benzene rings is 1. The summed E-state index contributed by atoms with van der Waals surface area (Å²) in [6.07, 6.45) is 5.40. The fourth-order valence-electron chi connectivity index (χ4n) is 5.18. The predicted molar refractivity (Wildman–Crippen MR) is 119 cm³/mol. The van der Waals surface area contributed by atoms with Gasteiger partial charge in [0.05, 0.1) is 22.7 Å². The molecule has 1 aromatic carbocycles. The van der Waals surface area contributed by atoms with Crippen LogP contribution in [0.4, 0.5) is 4.39 Å². The van der Waals surface area contributed by atoms with E-state index in [-0.39, 0.29) is 40.7 Å². The van der Waals surface area contributed by atoms with E-state index in [2.05, 4.69) is 22.5 Å². The van der Waals surface area contributed by atoms with Crippen molar-refractivity contribution in [1.82, 2.24) is 15.6 Å². The lowest BCUT2D eigenvalue weighted by molar-refractivity contribution is -0.146. The number of nitrogens with one attached hydrogen (secondary N) is 2. The van der Waals surface area contributed by atoms with Crippen LogP contribution in [0.5, 0.6) is 5.75 Å². The second-order valence-electron chi connectivity index (χ2n) is 8.96. The molecule has 2 bridgehead atoms. The second-order valence-corrected chi connectivity index (χ2v) is 9.37. The summed E-state index contributed by atoms with van der Waals surface area (Å²) in [5.74, 6) is -0.372. The molecule has 1 unspecified atom stereocenters. The Kier molecular flexibility index (Phi) is 6.38. The maximum atomic E-state index is 13.5. The van der Waals surface area contributed by atoms with Gasteiger partial charge in [-0.05, 0) is 62.3 Å². The summed E-state index contributed by atoms with van der Waals surface area (Å²) < 4.78 is 19.0. The molecule has 2 aromatic rings. The summed E-state index contributed by atoms with van der Waals surface area (Å²) in [5, 5.41) is 6.21. The van der Waals surface area contributed by atoms with E-state index in [9.17, 15) is 14.0 Å². The number of ether oxygens (including phenoxy) is 1. The van der Waals surface area contributed by atoms with Crippen LogP contribution in [0.1, 0.15) is 44.7 Å². The molecule has 1 heterocycles. The molecule has 0 radical (unpaired) electrons. The molecule has 0 aliphatic heterocycles. The zero-order chi connectivity index (χ0) is 22.8. The first-order valence-electron chi connectivity index (χ1n) is 10.9. The number of hydrogen-bond acceptors (Lipinski definition) is 4. The molecule has 0 saturated heterocycles. The first kappa shape index (κ1) is 22.5. The summed E-state index contributed by atoms with van der Waals surface area (Å²) in [7, 11) is 0. The zero-order valence-electron chi connectivity index (χ0n) is 18.0. The Morgan fingerprint density at radius 1 is 1.22 bits per heavy atom. The maximum absolute atomic E-state index is 13.5. The van der Waals surface area contributed by atoms with E-state index in [4.69, 9.17) is 16.3 Å². The smallest absolute Gasteiger partial charge is 0.258 e.